The van der Waals surface area contributed by atoms with Gasteiger partial charge in [0.25, 0.3) is 0 Å². The molecule has 0 atom stereocenters. The standard InChI is InChI=1S/C19H29NS/c1-13-14(2)16(4)18(17(5)15(13)3)12-21-19-10-8-6-7-9-11-20-19/h6-12H2,1-5H3. The smallest absolute Gasteiger partial charge is 0.0679 e. The zero-order valence-electron chi connectivity index (χ0n) is 14.3. The van der Waals surface area contributed by atoms with Gasteiger partial charge in [0.2, 0.25) is 0 Å². The number of benzene rings is 1. The number of thioether (sulfide) groups is 1. The molecule has 0 bridgehead atoms. The highest BCUT2D eigenvalue weighted by Crippen LogP contribution is 2.30. The highest BCUT2D eigenvalue weighted by atomic mass is 32.2. The highest BCUT2D eigenvalue weighted by molar-refractivity contribution is 8.13. The van der Waals surface area contributed by atoms with Crippen LogP contribution in [0.2, 0.25) is 0 Å². The van der Waals surface area contributed by atoms with E-state index < -0.39 is 0 Å². The molecule has 1 aromatic rings. The number of nitrogens with zero attached hydrogens (tertiary/aromatic N) is 1. The fourth-order valence-electron chi connectivity index (χ4n) is 3.09. The number of hydrogen-bond donors (Lipinski definition) is 0. The number of aliphatic imine (C=N–C) groups is 1. The first-order valence-electron chi connectivity index (χ1n) is 8.24. The molecule has 0 radical (unpaired) electrons. The largest absolute Gasteiger partial charge is 0.283 e. The predicted octanol–water partition coefficient (Wildman–Crippen LogP) is 5.82. The predicted molar refractivity (Wildman–Crippen MR) is 96.8 cm³/mol. The van der Waals surface area contributed by atoms with Gasteiger partial charge in [0, 0.05) is 12.3 Å². The van der Waals surface area contributed by atoms with Crippen LogP contribution in [0.5, 0.6) is 0 Å². The Morgan fingerprint density at radius 2 is 1.33 bits per heavy atom. The van der Waals surface area contributed by atoms with Gasteiger partial charge in [-0.3, -0.25) is 4.99 Å². The fourth-order valence-corrected chi connectivity index (χ4v) is 4.31. The maximum Gasteiger partial charge on any atom is 0.0679 e. The molecule has 0 N–H and O–H groups in total. The SMILES string of the molecule is Cc1c(C)c(C)c(CSC2=NCCCCCC2)c(C)c1C. The van der Waals surface area contributed by atoms with Crippen molar-refractivity contribution in [2.45, 2.75) is 72.5 Å². The van der Waals surface area contributed by atoms with Crippen molar-refractivity contribution in [1.29, 1.82) is 0 Å². The lowest BCUT2D eigenvalue weighted by molar-refractivity contribution is 0.647. The molecule has 1 aliphatic heterocycles. The van der Waals surface area contributed by atoms with E-state index in [1.807, 2.05) is 11.8 Å². The van der Waals surface area contributed by atoms with Crippen molar-refractivity contribution in [2.75, 3.05) is 6.54 Å². The molecule has 2 heteroatoms. The van der Waals surface area contributed by atoms with Crippen molar-refractivity contribution in [3.05, 3.63) is 33.4 Å². The third kappa shape index (κ3) is 3.91. The monoisotopic (exact) mass is 303 g/mol. The Hall–Kier alpha value is -0.760. The molecule has 0 saturated carbocycles. The summed E-state index contributed by atoms with van der Waals surface area (Å²) in [6, 6.07) is 0. The molecule has 1 aromatic carbocycles. The summed E-state index contributed by atoms with van der Waals surface area (Å²) >= 11 is 1.97. The molecule has 1 nitrogen and oxygen atoms in total. The van der Waals surface area contributed by atoms with Crippen LogP contribution in [0.3, 0.4) is 0 Å². The first-order valence-corrected chi connectivity index (χ1v) is 9.23. The van der Waals surface area contributed by atoms with Gasteiger partial charge in [-0.15, -0.1) is 11.8 Å². The summed E-state index contributed by atoms with van der Waals surface area (Å²) < 4.78 is 0. The topological polar surface area (TPSA) is 12.4 Å². The van der Waals surface area contributed by atoms with Crippen LogP contribution in [0.25, 0.3) is 0 Å². The highest BCUT2D eigenvalue weighted by Gasteiger charge is 2.13. The van der Waals surface area contributed by atoms with Gasteiger partial charge >= 0.3 is 0 Å². The van der Waals surface area contributed by atoms with Crippen LogP contribution in [-0.4, -0.2) is 11.6 Å². The van der Waals surface area contributed by atoms with Crippen molar-refractivity contribution in [1.82, 2.24) is 0 Å². The van der Waals surface area contributed by atoms with Gasteiger partial charge < -0.3 is 0 Å². The fraction of sp³-hybridized carbons (Fsp3) is 0.632. The summed E-state index contributed by atoms with van der Waals surface area (Å²) in [5.41, 5.74) is 8.89. The molecule has 0 unspecified atom stereocenters. The van der Waals surface area contributed by atoms with E-state index in [1.165, 1.54) is 70.5 Å². The maximum absolute atomic E-state index is 4.80. The van der Waals surface area contributed by atoms with Gasteiger partial charge in [-0.1, -0.05) is 12.8 Å². The second kappa shape index (κ2) is 7.49. The van der Waals surface area contributed by atoms with Crippen LogP contribution >= 0.6 is 11.8 Å². The summed E-state index contributed by atoms with van der Waals surface area (Å²) in [4.78, 5) is 4.80. The molecule has 0 aliphatic carbocycles. The van der Waals surface area contributed by atoms with Gasteiger partial charge in [0.15, 0.2) is 0 Å². The Balaban J connectivity index is 2.16. The van der Waals surface area contributed by atoms with Crippen molar-refractivity contribution in [3.8, 4) is 0 Å². The first kappa shape index (κ1) is 16.6. The third-order valence-electron chi connectivity index (χ3n) is 5.13. The average Bonchev–Trinajstić information content (AvgIpc) is 2.44. The molecule has 1 aliphatic rings. The summed E-state index contributed by atoms with van der Waals surface area (Å²) in [6.45, 7) is 12.4. The molecule has 0 spiro atoms. The lowest BCUT2D eigenvalue weighted by Crippen LogP contribution is -2.04. The van der Waals surface area contributed by atoms with E-state index in [2.05, 4.69) is 34.6 Å². The summed E-state index contributed by atoms with van der Waals surface area (Å²) in [5.74, 6) is 1.08. The molecular weight excluding hydrogens is 274 g/mol. The van der Waals surface area contributed by atoms with E-state index in [4.69, 9.17) is 4.99 Å². The average molecular weight is 304 g/mol. The van der Waals surface area contributed by atoms with Gasteiger partial charge in [0.1, 0.15) is 0 Å². The Bertz CT molecular complexity index is 514. The van der Waals surface area contributed by atoms with E-state index in [0.717, 1.165) is 12.3 Å². The molecule has 0 fully saturated rings. The normalized spacial score (nSPS) is 16.3. The third-order valence-corrected chi connectivity index (χ3v) is 6.22. The molecule has 116 valence electrons. The van der Waals surface area contributed by atoms with Gasteiger partial charge in [0.05, 0.1) is 5.04 Å². The van der Waals surface area contributed by atoms with Crippen LogP contribution in [0.15, 0.2) is 4.99 Å². The lowest BCUT2D eigenvalue weighted by Gasteiger charge is -2.19. The van der Waals surface area contributed by atoms with E-state index >= 15 is 0 Å². The Morgan fingerprint density at radius 3 is 2.00 bits per heavy atom. The van der Waals surface area contributed by atoms with E-state index in [0.29, 0.717) is 0 Å². The van der Waals surface area contributed by atoms with Crippen LogP contribution < -0.4 is 0 Å². The Kier molecular flexibility index (Phi) is 5.92. The minimum Gasteiger partial charge on any atom is -0.283 e. The van der Waals surface area contributed by atoms with Crippen molar-refractivity contribution in [2.24, 2.45) is 4.99 Å². The van der Waals surface area contributed by atoms with Crippen LogP contribution in [-0.2, 0) is 5.75 Å². The lowest BCUT2D eigenvalue weighted by atomic mass is 9.90. The van der Waals surface area contributed by atoms with Crippen molar-refractivity contribution >= 4 is 16.8 Å². The molecule has 21 heavy (non-hydrogen) atoms. The molecule has 0 amide bonds. The van der Waals surface area contributed by atoms with Crippen LogP contribution in [0.1, 0.15) is 65.5 Å². The molecular formula is C19H29NS. The van der Waals surface area contributed by atoms with E-state index in [9.17, 15) is 0 Å². The summed E-state index contributed by atoms with van der Waals surface area (Å²) in [6.07, 6.45) is 6.50. The zero-order valence-corrected chi connectivity index (χ0v) is 15.1. The van der Waals surface area contributed by atoms with Crippen molar-refractivity contribution in [3.63, 3.8) is 0 Å². The molecule has 2 rings (SSSR count). The second-order valence-corrected chi connectivity index (χ2v) is 7.38. The Labute approximate surface area is 134 Å². The van der Waals surface area contributed by atoms with Gasteiger partial charge in [-0.05, 0) is 87.3 Å². The number of rotatable bonds is 2. The maximum atomic E-state index is 4.80. The summed E-state index contributed by atoms with van der Waals surface area (Å²) in [7, 11) is 0. The van der Waals surface area contributed by atoms with Crippen LogP contribution in [0, 0.1) is 34.6 Å². The Morgan fingerprint density at radius 1 is 0.762 bits per heavy atom. The second-order valence-electron chi connectivity index (χ2n) is 6.33. The molecule has 0 saturated heterocycles. The van der Waals surface area contributed by atoms with Crippen molar-refractivity contribution < 1.29 is 0 Å². The zero-order chi connectivity index (χ0) is 15.4. The summed E-state index contributed by atoms with van der Waals surface area (Å²) in [5, 5.41) is 1.38. The van der Waals surface area contributed by atoms with Crippen LogP contribution in [0.4, 0.5) is 0 Å². The number of hydrogen-bond acceptors (Lipinski definition) is 2. The minimum atomic E-state index is 1.03. The molecule has 1 heterocycles. The quantitative estimate of drug-likeness (QED) is 0.670. The van der Waals surface area contributed by atoms with E-state index in [-0.39, 0.29) is 0 Å². The van der Waals surface area contributed by atoms with E-state index in [1.54, 1.807) is 0 Å². The minimum absolute atomic E-state index is 1.03. The van der Waals surface area contributed by atoms with Gasteiger partial charge in [-0.2, -0.15) is 0 Å². The molecule has 0 aromatic heterocycles. The van der Waals surface area contributed by atoms with Gasteiger partial charge in [-0.25, -0.2) is 0 Å². The first-order chi connectivity index (χ1) is 10.0.